The number of imide groups is 1. The summed E-state index contributed by atoms with van der Waals surface area (Å²) in [4.78, 5) is 25.9. The van der Waals surface area contributed by atoms with Gasteiger partial charge >= 0.3 is 0 Å². The van der Waals surface area contributed by atoms with Gasteiger partial charge in [-0.2, -0.15) is 0 Å². The van der Waals surface area contributed by atoms with Crippen molar-refractivity contribution in [2.24, 2.45) is 0 Å². The van der Waals surface area contributed by atoms with Gasteiger partial charge in [-0.1, -0.05) is 6.92 Å². The van der Waals surface area contributed by atoms with Crippen molar-refractivity contribution in [2.45, 2.75) is 27.2 Å². The number of amides is 2. The van der Waals surface area contributed by atoms with E-state index in [4.69, 9.17) is 14.2 Å². The minimum Gasteiger partial charge on any atom is -0.497 e. The van der Waals surface area contributed by atoms with Crippen LogP contribution in [0.4, 0.5) is 5.69 Å². The molecule has 1 aliphatic heterocycles. The summed E-state index contributed by atoms with van der Waals surface area (Å²) >= 11 is 0. The fourth-order valence-electron chi connectivity index (χ4n) is 2.70. The van der Waals surface area contributed by atoms with Crippen molar-refractivity contribution in [2.75, 3.05) is 25.7 Å². The zero-order valence-corrected chi connectivity index (χ0v) is 14.1. The van der Waals surface area contributed by atoms with Crippen LogP contribution in [-0.4, -0.2) is 32.6 Å². The van der Waals surface area contributed by atoms with Crippen LogP contribution in [0.3, 0.4) is 0 Å². The Morgan fingerprint density at radius 2 is 1.74 bits per heavy atom. The van der Waals surface area contributed by atoms with E-state index >= 15 is 0 Å². The molecule has 0 fully saturated rings. The first-order chi connectivity index (χ1) is 11.0. The molecule has 6 nitrogen and oxygen atoms in total. The van der Waals surface area contributed by atoms with Crippen LogP contribution in [0.5, 0.6) is 11.5 Å². The second kappa shape index (κ2) is 6.73. The van der Waals surface area contributed by atoms with E-state index in [1.54, 1.807) is 12.1 Å². The van der Waals surface area contributed by atoms with Gasteiger partial charge in [-0.15, -0.1) is 0 Å². The summed E-state index contributed by atoms with van der Waals surface area (Å²) in [6.07, 6.45) is 0.550. The Bertz CT molecular complexity index is 678. The number of hydrogen-bond donors (Lipinski definition) is 0. The molecule has 1 aromatic rings. The molecule has 0 radical (unpaired) electrons. The third kappa shape index (κ3) is 2.76. The number of carbonyl (C=O) groups is 2. The molecular weight excluding hydrogens is 298 g/mol. The van der Waals surface area contributed by atoms with Crippen molar-refractivity contribution < 1.29 is 23.8 Å². The lowest BCUT2D eigenvalue weighted by atomic mass is 10.0. The quantitative estimate of drug-likeness (QED) is 0.617. The number of hydrogen-bond acceptors (Lipinski definition) is 5. The van der Waals surface area contributed by atoms with E-state index < -0.39 is 0 Å². The maximum Gasteiger partial charge on any atom is 0.269 e. The molecule has 2 amide bonds. The van der Waals surface area contributed by atoms with Gasteiger partial charge in [0, 0.05) is 25.0 Å². The Balaban J connectivity index is 2.77. The van der Waals surface area contributed by atoms with Gasteiger partial charge in [0.05, 0.1) is 32.1 Å². The van der Waals surface area contributed by atoms with E-state index in [1.165, 1.54) is 21.1 Å². The summed E-state index contributed by atoms with van der Waals surface area (Å²) in [5.41, 5.74) is 1.51. The number of anilines is 1. The van der Waals surface area contributed by atoms with Crippen molar-refractivity contribution in [1.82, 2.24) is 0 Å². The van der Waals surface area contributed by atoms with E-state index in [-0.39, 0.29) is 11.8 Å². The number of methoxy groups -OCH3 is 2. The Kier molecular flexibility index (Phi) is 4.93. The van der Waals surface area contributed by atoms with Crippen molar-refractivity contribution in [1.29, 1.82) is 0 Å². The number of fused-ring (bicyclic) bond motifs is 1. The Morgan fingerprint density at radius 1 is 1.13 bits per heavy atom. The van der Waals surface area contributed by atoms with Gasteiger partial charge < -0.3 is 14.2 Å². The van der Waals surface area contributed by atoms with Gasteiger partial charge in [0.15, 0.2) is 11.5 Å². The molecule has 2 rings (SSSR count). The Hall–Kier alpha value is -2.50. The topological polar surface area (TPSA) is 65.1 Å². The van der Waals surface area contributed by atoms with E-state index in [2.05, 4.69) is 0 Å². The normalized spacial score (nSPS) is 15.3. The molecule has 0 saturated carbocycles. The summed E-state index contributed by atoms with van der Waals surface area (Å²) in [6, 6.07) is 3.35. The number of ether oxygens (including phenoxy) is 3. The molecule has 0 spiro atoms. The van der Waals surface area contributed by atoms with Crippen LogP contribution in [0.15, 0.2) is 17.9 Å². The molecule has 6 heteroatoms. The van der Waals surface area contributed by atoms with Crippen molar-refractivity contribution in [3.63, 3.8) is 0 Å². The average molecular weight is 319 g/mol. The van der Waals surface area contributed by atoms with Gasteiger partial charge in [0.1, 0.15) is 5.76 Å². The van der Waals surface area contributed by atoms with Crippen LogP contribution in [0.2, 0.25) is 0 Å². The molecule has 1 aliphatic rings. The predicted molar refractivity (Wildman–Crippen MR) is 86.6 cm³/mol. The highest BCUT2D eigenvalue weighted by Crippen LogP contribution is 2.45. The third-order valence-electron chi connectivity index (χ3n) is 3.66. The maximum atomic E-state index is 12.8. The molecule has 0 aliphatic carbocycles. The summed E-state index contributed by atoms with van der Waals surface area (Å²) in [5, 5.41) is 0. The number of carbonyl (C=O) groups excluding carboxylic acids is 2. The molecule has 1 heterocycles. The van der Waals surface area contributed by atoms with E-state index in [1.807, 2.05) is 13.8 Å². The highest BCUT2D eigenvalue weighted by Gasteiger charge is 2.38. The monoisotopic (exact) mass is 319 g/mol. The molecule has 0 unspecified atom stereocenters. The first kappa shape index (κ1) is 16.9. The van der Waals surface area contributed by atoms with Crippen LogP contribution in [-0.2, 0) is 14.3 Å². The van der Waals surface area contributed by atoms with E-state index in [9.17, 15) is 9.59 Å². The zero-order valence-electron chi connectivity index (χ0n) is 14.1. The standard InChI is InChI=1S/C17H21NO5/c1-6-13(23-7-2)16-11-8-14(21-4)15(22-5)9-12(11)18(10(3)19)17(16)20/h8-9H,6-7H2,1-5H3/b16-13+. The lowest BCUT2D eigenvalue weighted by molar-refractivity contribution is -0.122. The number of nitrogens with zero attached hydrogens (tertiary/aromatic N) is 1. The van der Waals surface area contributed by atoms with Gasteiger partial charge in [-0.25, -0.2) is 4.90 Å². The van der Waals surface area contributed by atoms with Crippen LogP contribution in [0.1, 0.15) is 32.8 Å². The van der Waals surface area contributed by atoms with Crippen molar-refractivity contribution >= 4 is 23.1 Å². The third-order valence-corrected chi connectivity index (χ3v) is 3.66. The number of rotatable bonds is 5. The Morgan fingerprint density at radius 3 is 2.22 bits per heavy atom. The fourth-order valence-corrected chi connectivity index (χ4v) is 2.70. The van der Waals surface area contributed by atoms with Crippen LogP contribution in [0, 0.1) is 0 Å². The second-order valence-corrected chi connectivity index (χ2v) is 4.97. The number of benzene rings is 1. The summed E-state index contributed by atoms with van der Waals surface area (Å²) in [6.45, 7) is 5.56. The lowest BCUT2D eigenvalue weighted by Gasteiger charge is -2.14. The molecule has 124 valence electrons. The van der Waals surface area contributed by atoms with Gasteiger partial charge in [-0.05, 0) is 13.0 Å². The molecular formula is C17H21NO5. The number of allylic oxidation sites excluding steroid dienone is 1. The maximum absolute atomic E-state index is 12.8. The second-order valence-electron chi connectivity index (χ2n) is 4.97. The van der Waals surface area contributed by atoms with Gasteiger partial charge in [-0.3, -0.25) is 9.59 Å². The first-order valence-corrected chi connectivity index (χ1v) is 7.47. The lowest BCUT2D eigenvalue weighted by Crippen LogP contribution is -2.31. The van der Waals surface area contributed by atoms with Crippen LogP contribution in [0.25, 0.3) is 5.57 Å². The minimum absolute atomic E-state index is 0.356. The molecule has 23 heavy (non-hydrogen) atoms. The molecule has 0 aromatic heterocycles. The van der Waals surface area contributed by atoms with Gasteiger partial charge in [0.2, 0.25) is 5.91 Å². The predicted octanol–water partition coefficient (Wildman–Crippen LogP) is 2.75. The smallest absolute Gasteiger partial charge is 0.269 e. The van der Waals surface area contributed by atoms with E-state index in [0.29, 0.717) is 47.1 Å². The molecule has 0 saturated heterocycles. The summed E-state index contributed by atoms with van der Waals surface area (Å²) < 4.78 is 16.2. The Labute approximate surface area is 135 Å². The molecule has 1 aromatic carbocycles. The highest BCUT2D eigenvalue weighted by molar-refractivity contribution is 6.40. The van der Waals surface area contributed by atoms with Crippen LogP contribution < -0.4 is 14.4 Å². The summed E-state index contributed by atoms with van der Waals surface area (Å²) in [7, 11) is 3.03. The van der Waals surface area contributed by atoms with Crippen molar-refractivity contribution in [3.8, 4) is 11.5 Å². The first-order valence-electron chi connectivity index (χ1n) is 7.47. The summed E-state index contributed by atoms with van der Waals surface area (Å²) in [5.74, 6) is 0.781. The SMILES string of the molecule is CCO/C(CC)=C1/C(=O)N(C(C)=O)c2cc(OC)c(OC)cc21. The highest BCUT2D eigenvalue weighted by atomic mass is 16.5. The molecule has 0 N–H and O–H groups in total. The molecule has 0 bridgehead atoms. The fraction of sp³-hybridized carbons (Fsp3) is 0.412. The molecule has 0 atom stereocenters. The zero-order chi connectivity index (χ0) is 17.1. The van der Waals surface area contributed by atoms with Crippen LogP contribution >= 0.6 is 0 Å². The van der Waals surface area contributed by atoms with Gasteiger partial charge in [0.25, 0.3) is 5.91 Å². The van der Waals surface area contributed by atoms with Crippen molar-refractivity contribution in [3.05, 3.63) is 23.5 Å². The average Bonchev–Trinajstić information content (AvgIpc) is 2.82. The minimum atomic E-state index is -0.381. The largest absolute Gasteiger partial charge is 0.497 e. The van der Waals surface area contributed by atoms with E-state index in [0.717, 1.165) is 4.90 Å².